The summed E-state index contributed by atoms with van der Waals surface area (Å²) in [7, 11) is 0. The van der Waals surface area contributed by atoms with E-state index in [0.717, 1.165) is 0 Å². The first-order chi connectivity index (χ1) is 10.5. The van der Waals surface area contributed by atoms with Crippen LogP contribution in [0.15, 0.2) is 28.9 Å². The zero-order valence-electron chi connectivity index (χ0n) is 11.9. The summed E-state index contributed by atoms with van der Waals surface area (Å²) in [5, 5.41) is 5.51. The molecule has 0 spiro atoms. The van der Waals surface area contributed by atoms with Gasteiger partial charge >= 0.3 is 0 Å². The molecule has 1 heterocycles. The highest BCUT2D eigenvalue weighted by molar-refractivity contribution is 6.34. The van der Waals surface area contributed by atoms with Crippen molar-refractivity contribution in [3.63, 3.8) is 0 Å². The maximum absolute atomic E-state index is 12.0. The summed E-state index contributed by atoms with van der Waals surface area (Å²) >= 11 is 6.05. The van der Waals surface area contributed by atoms with Crippen molar-refractivity contribution in [3.05, 3.63) is 46.6 Å². The van der Waals surface area contributed by atoms with Gasteiger partial charge in [0.1, 0.15) is 6.26 Å². The van der Waals surface area contributed by atoms with Crippen LogP contribution in [0.5, 0.6) is 0 Å². The van der Waals surface area contributed by atoms with E-state index in [2.05, 4.69) is 15.6 Å². The summed E-state index contributed by atoms with van der Waals surface area (Å²) in [4.78, 5) is 27.6. The van der Waals surface area contributed by atoms with E-state index < -0.39 is 5.91 Å². The fourth-order valence-corrected chi connectivity index (χ4v) is 2.00. The van der Waals surface area contributed by atoms with Crippen molar-refractivity contribution in [2.75, 3.05) is 11.9 Å². The molecular weight excluding hydrogens is 308 g/mol. The molecule has 0 aliphatic carbocycles. The first kappa shape index (κ1) is 16.0. The van der Waals surface area contributed by atoms with Gasteiger partial charge in [0.2, 0.25) is 5.89 Å². The second-order valence-electron chi connectivity index (χ2n) is 4.34. The number of carbonyl (C=O) groups excluding carboxylic acids is 2. The predicted octanol–water partition coefficient (Wildman–Crippen LogP) is 1.79. The lowest BCUT2D eigenvalue weighted by molar-refractivity contribution is 0.0955. The Morgan fingerprint density at radius 1 is 1.36 bits per heavy atom. The lowest BCUT2D eigenvalue weighted by Gasteiger charge is -2.07. The number of nitrogens with one attached hydrogen (secondary N) is 2. The third-order valence-electron chi connectivity index (χ3n) is 2.77. The van der Waals surface area contributed by atoms with Crippen LogP contribution in [0.2, 0.25) is 5.02 Å². The van der Waals surface area contributed by atoms with Crippen molar-refractivity contribution in [3.8, 4) is 0 Å². The minimum absolute atomic E-state index is 0.111. The van der Waals surface area contributed by atoms with Crippen LogP contribution in [0.4, 0.5) is 5.69 Å². The van der Waals surface area contributed by atoms with E-state index in [1.165, 1.54) is 18.4 Å². The summed E-state index contributed by atoms with van der Waals surface area (Å²) in [6.45, 7) is 2.43. The molecule has 1 aromatic carbocycles. The van der Waals surface area contributed by atoms with Gasteiger partial charge in [0.05, 0.1) is 17.1 Å². The molecule has 2 aromatic rings. The molecule has 0 atom stereocenters. The molecule has 1 aromatic heterocycles. The largest absolute Gasteiger partial charge is 0.447 e. The number of aromatic nitrogens is 1. The molecule has 8 heteroatoms. The Morgan fingerprint density at radius 2 is 2.14 bits per heavy atom. The van der Waals surface area contributed by atoms with E-state index in [-0.39, 0.29) is 29.1 Å². The van der Waals surface area contributed by atoms with E-state index in [1.807, 2.05) is 6.92 Å². The van der Waals surface area contributed by atoms with Crippen molar-refractivity contribution in [2.45, 2.75) is 13.5 Å². The van der Waals surface area contributed by atoms with E-state index in [1.54, 1.807) is 6.07 Å². The van der Waals surface area contributed by atoms with Crippen LogP contribution in [-0.4, -0.2) is 23.3 Å². The summed E-state index contributed by atoms with van der Waals surface area (Å²) < 4.78 is 5.00. The first-order valence-electron chi connectivity index (χ1n) is 6.58. The quantitative estimate of drug-likeness (QED) is 0.777. The third kappa shape index (κ3) is 3.63. The highest BCUT2D eigenvalue weighted by Crippen LogP contribution is 2.21. The molecule has 0 saturated heterocycles. The van der Waals surface area contributed by atoms with Crippen LogP contribution in [-0.2, 0) is 6.54 Å². The maximum Gasteiger partial charge on any atom is 0.277 e. The van der Waals surface area contributed by atoms with Crippen LogP contribution in [0.1, 0.15) is 33.7 Å². The molecule has 22 heavy (non-hydrogen) atoms. The van der Waals surface area contributed by atoms with Gasteiger partial charge in [0, 0.05) is 12.2 Å². The fourth-order valence-electron chi connectivity index (χ4n) is 1.74. The molecule has 0 unspecified atom stereocenters. The summed E-state index contributed by atoms with van der Waals surface area (Å²) in [6, 6.07) is 4.61. The van der Waals surface area contributed by atoms with Gasteiger partial charge in [-0.25, -0.2) is 4.98 Å². The second-order valence-corrected chi connectivity index (χ2v) is 4.75. The van der Waals surface area contributed by atoms with Crippen LogP contribution >= 0.6 is 11.6 Å². The van der Waals surface area contributed by atoms with Crippen molar-refractivity contribution in [2.24, 2.45) is 5.73 Å². The van der Waals surface area contributed by atoms with Crippen LogP contribution in [0, 0.1) is 0 Å². The Balaban J connectivity index is 2.11. The lowest BCUT2D eigenvalue weighted by Crippen LogP contribution is -2.23. The molecule has 0 aliphatic rings. The molecule has 0 saturated carbocycles. The van der Waals surface area contributed by atoms with Gasteiger partial charge in [-0.15, -0.1) is 0 Å². The fraction of sp³-hybridized carbons (Fsp3) is 0.214. The second kappa shape index (κ2) is 7.06. The Kier molecular flexibility index (Phi) is 5.13. The maximum atomic E-state index is 12.0. The van der Waals surface area contributed by atoms with Crippen LogP contribution in [0.3, 0.4) is 0 Å². The van der Waals surface area contributed by atoms with E-state index in [0.29, 0.717) is 17.8 Å². The molecule has 0 aliphatic heterocycles. The Hall–Kier alpha value is -2.38. The normalized spacial score (nSPS) is 10.3. The number of carbonyl (C=O) groups is 2. The number of rotatable bonds is 5. The molecule has 2 rings (SSSR count). The summed E-state index contributed by atoms with van der Waals surface area (Å²) in [5.74, 6) is -0.450. The van der Waals surface area contributed by atoms with E-state index >= 15 is 0 Å². The van der Waals surface area contributed by atoms with Gasteiger partial charge in [-0.2, -0.15) is 0 Å². The van der Waals surface area contributed by atoms with E-state index in [4.69, 9.17) is 21.8 Å². The average Bonchev–Trinajstić information content (AvgIpc) is 2.96. The third-order valence-corrected chi connectivity index (χ3v) is 3.08. The predicted molar refractivity (Wildman–Crippen MR) is 81.8 cm³/mol. The minimum Gasteiger partial charge on any atom is -0.447 e. The molecule has 7 nitrogen and oxygen atoms in total. The van der Waals surface area contributed by atoms with Crippen molar-refractivity contribution in [1.82, 2.24) is 10.3 Å². The number of amides is 2. The van der Waals surface area contributed by atoms with Gasteiger partial charge in [-0.3, -0.25) is 9.59 Å². The van der Waals surface area contributed by atoms with Crippen LogP contribution < -0.4 is 16.4 Å². The topological polar surface area (TPSA) is 110 Å². The van der Waals surface area contributed by atoms with Gasteiger partial charge in [0.15, 0.2) is 5.69 Å². The molecule has 0 fully saturated rings. The monoisotopic (exact) mass is 322 g/mol. The van der Waals surface area contributed by atoms with Crippen molar-refractivity contribution < 1.29 is 14.0 Å². The van der Waals surface area contributed by atoms with Gasteiger partial charge in [-0.05, 0) is 25.1 Å². The highest BCUT2D eigenvalue weighted by Gasteiger charge is 2.14. The molecule has 0 radical (unpaired) electrons. The number of nitrogens with two attached hydrogens (primary N) is 1. The molecular formula is C14H15ClN4O3. The summed E-state index contributed by atoms with van der Waals surface area (Å²) in [6.07, 6.45) is 1.22. The Bertz CT molecular complexity index is 699. The average molecular weight is 323 g/mol. The van der Waals surface area contributed by atoms with Gasteiger partial charge in [0.25, 0.3) is 11.8 Å². The minimum atomic E-state index is -0.453. The number of benzene rings is 1. The standard InChI is InChI=1S/C14H15ClN4O3/c1-2-17-13(20)9-4-3-8(5-10(9)15)18-14(21)11-7-22-12(6-16)19-11/h3-5,7H,2,6,16H2,1H3,(H,17,20)(H,18,21). The van der Waals surface area contributed by atoms with Crippen molar-refractivity contribution in [1.29, 1.82) is 0 Å². The number of halogens is 1. The molecule has 0 bridgehead atoms. The number of nitrogens with zero attached hydrogens (tertiary/aromatic N) is 1. The smallest absolute Gasteiger partial charge is 0.277 e. The zero-order valence-corrected chi connectivity index (χ0v) is 12.6. The summed E-state index contributed by atoms with van der Waals surface area (Å²) in [5.41, 5.74) is 6.26. The van der Waals surface area contributed by atoms with Gasteiger partial charge in [-0.1, -0.05) is 11.6 Å². The molecule has 4 N–H and O–H groups in total. The van der Waals surface area contributed by atoms with E-state index in [9.17, 15) is 9.59 Å². The SMILES string of the molecule is CCNC(=O)c1ccc(NC(=O)c2coc(CN)n2)cc1Cl. The number of anilines is 1. The Labute approximate surface area is 131 Å². The molecule has 116 valence electrons. The number of hydrogen-bond acceptors (Lipinski definition) is 5. The van der Waals surface area contributed by atoms with Gasteiger partial charge < -0.3 is 20.8 Å². The highest BCUT2D eigenvalue weighted by atomic mass is 35.5. The van der Waals surface area contributed by atoms with Crippen LogP contribution in [0.25, 0.3) is 0 Å². The number of oxazole rings is 1. The lowest BCUT2D eigenvalue weighted by atomic mass is 10.2. The molecule has 2 amide bonds. The first-order valence-corrected chi connectivity index (χ1v) is 6.96. The zero-order chi connectivity index (χ0) is 16.1. The Morgan fingerprint density at radius 3 is 2.73 bits per heavy atom. The van der Waals surface area contributed by atoms with Crippen molar-refractivity contribution >= 4 is 29.1 Å². The number of hydrogen-bond donors (Lipinski definition) is 3.